The molecule has 1 saturated heterocycles. The topological polar surface area (TPSA) is 69.6 Å². The SMILES string of the molecule is O=C(O)C1CCCN1C(=O)NCc1ccc(Br)s1. The van der Waals surface area contributed by atoms with Gasteiger partial charge in [0.15, 0.2) is 0 Å². The summed E-state index contributed by atoms with van der Waals surface area (Å²) < 4.78 is 1.01. The molecule has 1 aromatic heterocycles. The molecule has 98 valence electrons. The van der Waals surface area contributed by atoms with Crippen LogP contribution >= 0.6 is 27.3 Å². The summed E-state index contributed by atoms with van der Waals surface area (Å²) in [5.41, 5.74) is 0. The first-order valence-electron chi connectivity index (χ1n) is 5.59. The molecular weight excluding hydrogens is 320 g/mol. The van der Waals surface area contributed by atoms with Crippen LogP contribution in [0.15, 0.2) is 15.9 Å². The largest absolute Gasteiger partial charge is 0.480 e. The first-order chi connectivity index (χ1) is 8.58. The molecule has 2 rings (SSSR count). The number of carboxylic acid groups (broad SMARTS) is 1. The van der Waals surface area contributed by atoms with E-state index in [0.717, 1.165) is 15.1 Å². The lowest BCUT2D eigenvalue weighted by Crippen LogP contribution is -2.45. The van der Waals surface area contributed by atoms with Crippen molar-refractivity contribution in [3.63, 3.8) is 0 Å². The van der Waals surface area contributed by atoms with Crippen molar-refractivity contribution in [1.82, 2.24) is 10.2 Å². The van der Waals surface area contributed by atoms with E-state index in [1.807, 2.05) is 12.1 Å². The molecule has 2 amide bonds. The summed E-state index contributed by atoms with van der Waals surface area (Å²) in [5, 5.41) is 11.7. The Morgan fingerprint density at radius 1 is 1.56 bits per heavy atom. The van der Waals surface area contributed by atoms with Crippen molar-refractivity contribution < 1.29 is 14.7 Å². The standard InChI is InChI=1S/C11H13BrN2O3S/c12-9-4-3-7(18-9)6-13-11(17)14-5-1-2-8(14)10(15)16/h3-4,8H,1-2,5-6H2,(H,13,17)(H,15,16). The van der Waals surface area contributed by atoms with Gasteiger partial charge < -0.3 is 15.3 Å². The number of thiophene rings is 1. The molecule has 1 aromatic rings. The van der Waals surface area contributed by atoms with Crippen LogP contribution in [0.3, 0.4) is 0 Å². The minimum Gasteiger partial charge on any atom is -0.480 e. The number of nitrogens with zero attached hydrogens (tertiary/aromatic N) is 1. The summed E-state index contributed by atoms with van der Waals surface area (Å²) in [4.78, 5) is 25.3. The van der Waals surface area contributed by atoms with Crippen molar-refractivity contribution in [3.8, 4) is 0 Å². The highest BCUT2D eigenvalue weighted by molar-refractivity contribution is 9.11. The van der Waals surface area contributed by atoms with E-state index in [-0.39, 0.29) is 6.03 Å². The van der Waals surface area contributed by atoms with Crippen molar-refractivity contribution in [3.05, 3.63) is 20.8 Å². The van der Waals surface area contributed by atoms with Crippen LogP contribution in [-0.4, -0.2) is 34.6 Å². The van der Waals surface area contributed by atoms with Crippen molar-refractivity contribution >= 4 is 39.3 Å². The zero-order valence-corrected chi connectivity index (χ0v) is 12.0. The molecule has 0 spiro atoms. The number of likely N-dealkylation sites (tertiary alicyclic amines) is 1. The van der Waals surface area contributed by atoms with Gasteiger partial charge in [-0.1, -0.05) is 0 Å². The summed E-state index contributed by atoms with van der Waals surface area (Å²) in [6.07, 6.45) is 1.28. The van der Waals surface area contributed by atoms with Gasteiger partial charge in [-0.15, -0.1) is 11.3 Å². The number of hydrogen-bond donors (Lipinski definition) is 2. The molecule has 2 heterocycles. The molecule has 1 atom stereocenters. The molecule has 2 N–H and O–H groups in total. The fraction of sp³-hybridized carbons (Fsp3) is 0.455. The number of urea groups is 1. The number of rotatable bonds is 3. The number of nitrogens with one attached hydrogen (secondary N) is 1. The number of hydrogen-bond acceptors (Lipinski definition) is 3. The number of carbonyl (C=O) groups is 2. The molecule has 1 aliphatic heterocycles. The van der Waals surface area contributed by atoms with E-state index in [1.54, 1.807) is 11.3 Å². The van der Waals surface area contributed by atoms with Crippen LogP contribution in [0.2, 0.25) is 0 Å². The van der Waals surface area contributed by atoms with Crippen LogP contribution in [0.5, 0.6) is 0 Å². The molecule has 0 radical (unpaired) electrons. The Kier molecular flexibility index (Phi) is 4.23. The lowest BCUT2D eigenvalue weighted by molar-refractivity contribution is -0.141. The molecule has 0 aromatic carbocycles. The lowest BCUT2D eigenvalue weighted by atomic mass is 10.2. The summed E-state index contributed by atoms with van der Waals surface area (Å²) in [7, 11) is 0. The molecule has 7 heteroatoms. The van der Waals surface area contributed by atoms with Crippen molar-refractivity contribution in [2.45, 2.75) is 25.4 Å². The first kappa shape index (κ1) is 13.4. The quantitative estimate of drug-likeness (QED) is 0.892. The van der Waals surface area contributed by atoms with E-state index in [1.165, 1.54) is 4.90 Å². The average molecular weight is 333 g/mol. The molecule has 0 bridgehead atoms. The third kappa shape index (κ3) is 3.02. The van der Waals surface area contributed by atoms with E-state index in [0.29, 0.717) is 19.5 Å². The zero-order valence-electron chi connectivity index (χ0n) is 9.56. The second-order valence-corrected chi connectivity index (χ2v) is 6.60. The number of carbonyl (C=O) groups excluding carboxylic acids is 1. The molecular formula is C11H13BrN2O3S. The highest BCUT2D eigenvalue weighted by Crippen LogP contribution is 2.22. The summed E-state index contributed by atoms with van der Waals surface area (Å²) in [5.74, 6) is -0.929. The predicted octanol–water partition coefficient (Wildman–Crippen LogP) is 2.27. The minimum atomic E-state index is -0.929. The summed E-state index contributed by atoms with van der Waals surface area (Å²) >= 11 is 4.90. The van der Waals surface area contributed by atoms with Gasteiger partial charge in [-0.25, -0.2) is 9.59 Å². The third-order valence-electron chi connectivity index (χ3n) is 2.84. The van der Waals surface area contributed by atoms with E-state index < -0.39 is 12.0 Å². The fourth-order valence-electron chi connectivity index (χ4n) is 1.98. The highest BCUT2D eigenvalue weighted by atomic mass is 79.9. The maximum Gasteiger partial charge on any atom is 0.326 e. The Bertz CT molecular complexity index is 463. The normalized spacial score (nSPS) is 18.9. The van der Waals surface area contributed by atoms with Crippen molar-refractivity contribution in [1.29, 1.82) is 0 Å². The molecule has 18 heavy (non-hydrogen) atoms. The molecule has 0 aliphatic carbocycles. The Hall–Kier alpha value is -1.08. The second-order valence-electron chi connectivity index (χ2n) is 4.05. The molecule has 5 nitrogen and oxygen atoms in total. The van der Waals surface area contributed by atoms with Crippen LogP contribution in [-0.2, 0) is 11.3 Å². The molecule has 0 saturated carbocycles. The van der Waals surface area contributed by atoms with Crippen LogP contribution in [0.4, 0.5) is 4.79 Å². The summed E-state index contributed by atoms with van der Waals surface area (Å²) in [6, 6.07) is 2.86. The van der Waals surface area contributed by atoms with Gasteiger partial charge in [0.25, 0.3) is 0 Å². The Labute approximate surface area is 117 Å². The number of halogens is 1. The monoisotopic (exact) mass is 332 g/mol. The smallest absolute Gasteiger partial charge is 0.326 e. The number of amides is 2. The minimum absolute atomic E-state index is 0.301. The van der Waals surface area contributed by atoms with Gasteiger partial charge in [0.2, 0.25) is 0 Å². The van der Waals surface area contributed by atoms with Gasteiger partial charge >= 0.3 is 12.0 Å². The average Bonchev–Trinajstić information content (AvgIpc) is 2.94. The molecule has 1 aliphatic rings. The van der Waals surface area contributed by atoms with Crippen molar-refractivity contribution in [2.75, 3.05) is 6.54 Å². The highest BCUT2D eigenvalue weighted by Gasteiger charge is 2.33. The van der Waals surface area contributed by atoms with E-state index in [9.17, 15) is 9.59 Å². The predicted molar refractivity (Wildman–Crippen MR) is 71.6 cm³/mol. The van der Waals surface area contributed by atoms with E-state index in [4.69, 9.17) is 5.11 Å². The molecule has 1 fully saturated rings. The Morgan fingerprint density at radius 3 is 2.94 bits per heavy atom. The van der Waals surface area contributed by atoms with E-state index >= 15 is 0 Å². The van der Waals surface area contributed by atoms with Gasteiger partial charge in [-0.3, -0.25) is 0 Å². The number of aliphatic carboxylic acids is 1. The fourth-order valence-corrected chi connectivity index (χ4v) is 3.40. The Balaban J connectivity index is 1.89. The van der Waals surface area contributed by atoms with Gasteiger partial charge in [-0.2, -0.15) is 0 Å². The van der Waals surface area contributed by atoms with E-state index in [2.05, 4.69) is 21.2 Å². The number of carboxylic acids is 1. The Morgan fingerprint density at radius 2 is 2.33 bits per heavy atom. The maximum absolute atomic E-state index is 11.9. The van der Waals surface area contributed by atoms with Gasteiger partial charge in [0.05, 0.1) is 10.3 Å². The van der Waals surface area contributed by atoms with Gasteiger partial charge in [-0.05, 0) is 40.9 Å². The zero-order chi connectivity index (χ0) is 13.1. The molecule has 1 unspecified atom stereocenters. The van der Waals surface area contributed by atoms with Crippen LogP contribution < -0.4 is 5.32 Å². The lowest BCUT2D eigenvalue weighted by Gasteiger charge is -2.21. The van der Waals surface area contributed by atoms with Crippen LogP contribution in [0.25, 0.3) is 0 Å². The summed E-state index contributed by atoms with van der Waals surface area (Å²) in [6.45, 7) is 0.939. The van der Waals surface area contributed by atoms with Crippen LogP contribution in [0, 0.1) is 0 Å². The maximum atomic E-state index is 11.9. The first-order valence-corrected chi connectivity index (χ1v) is 7.20. The van der Waals surface area contributed by atoms with Gasteiger partial charge in [0, 0.05) is 11.4 Å². The van der Waals surface area contributed by atoms with Crippen molar-refractivity contribution in [2.24, 2.45) is 0 Å². The second kappa shape index (κ2) is 5.71. The van der Waals surface area contributed by atoms with Gasteiger partial charge in [0.1, 0.15) is 6.04 Å². The van der Waals surface area contributed by atoms with Crippen LogP contribution in [0.1, 0.15) is 17.7 Å². The third-order valence-corrected chi connectivity index (χ3v) is 4.47.